The van der Waals surface area contributed by atoms with Crippen LogP contribution < -0.4 is 5.32 Å². The third kappa shape index (κ3) is 3.90. The molecule has 1 atom stereocenters. The molecule has 4 aliphatic carbocycles. The van der Waals surface area contributed by atoms with Gasteiger partial charge in [0.1, 0.15) is 0 Å². The maximum Gasteiger partial charge on any atom is 0.251 e. The Kier molecular flexibility index (Phi) is 5.87. The number of amides is 1. The summed E-state index contributed by atoms with van der Waals surface area (Å²) in [5, 5.41) is 3.28. The van der Waals surface area contributed by atoms with Crippen molar-refractivity contribution in [1.82, 2.24) is 9.62 Å². The average Bonchev–Trinajstić information content (AvgIpc) is 2.78. The van der Waals surface area contributed by atoms with E-state index in [1.54, 1.807) is 18.2 Å². The summed E-state index contributed by atoms with van der Waals surface area (Å²) in [4.78, 5) is 13.5. The van der Waals surface area contributed by atoms with Gasteiger partial charge >= 0.3 is 0 Å². The lowest BCUT2D eigenvalue weighted by atomic mass is 9.48. The highest BCUT2D eigenvalue weighted by atomic mass is 32.2. The molecule has 1 amide bonds. The van der Waals surface area contributed by atoms with Gasteiger partial charge in [0, 0.05) is 24.7 Å². The second kappa shape index (κ2) is 8.41. The standard InChI is InChI=1S/C25H36N2O4S/c1-3-21-4-5-22(13-23(21)32(29,30)27-6-8-31-9-7-27)24(28)26-17(2)25-14-18-10-19(15-25)12-20(11-18)16-25/h4-5,13,17-20H,3,6-12,14-16H2,1-2H3,(H,26,28). The number of carbonyl (C=O) groups excluding carboxylic acids is 1. The monoisotopic (exact) mass is 460 g/mol. The predicted octanol–water partition coefficient (Wildman–Crippen LogP) is 3.60. The van der Waals surface area contributed by atoms with Crippen LogP contribution in [0.1, 0.15) is 68.3 Å². The normalized spacial score (nSPS) is 33.2. The Bertz CT molecular complexity index is 948. The molecule has 0 aromatic heterocycles. The summed E-state index contributed by atoms with van der Waals surface area (Å²) in [7, 11) is -3.65. The van der Waals surface area contributed by atoms with Gasteiger partial charge < -0.3 is 10.1 Å². The molecule has 0 spiro atoms. The van der Waals surface area contributed by atoms with Crippen LogP contribution in [0.25, 0.3) is 0 Å². The Morgan fingerprint density at radius 1 is 1.12 bits per heavy atom. The Hall–Kier alpha value is -1.44. The summed E-state index contributed by atoms with van der Waals surface area (Å²) in [6.07, 6.45) is 8.41. The van der Waals surface area contributed by atoms with Crippen LogP contribution >= 0.6 is 0 Å². The van der Waals surface area contributed by atoms with Crippen LogP contribution in [0.15, 0.2) is 23.1 Å². The summed E-state index contributed by atoms with van der Waals surface area (Å²) in [6.45, 7) is 5.63. The van der Waals surface area contributed by atoms with Crippen molar-refractivity contribution in [3.05, 3.63) is 29.3 Å². The van der Waals surface area contributed by atoms with Gasteiger partial charge in [-0.1, -0.05) is 13.0 Å². The van der Waals surface area contributed by atoms with Crippen molar-refractivity contribution in [2.24, 2.45) is 23.2 Å². The first-order chi connectivity index (χ1) is 15.3. The van der Waals surface area contributed by atoms with Gasteiger partial charge in [0.25, 0.3) is 5.91 Å². The lowest BCUT2D eigenvalue weighted by Crippen LogP contribution is -2.55. The second-order valence-corrected chi connectivity index (χ2v) is 12.6. The Morgan fingerprint density at radius 3 is 2.28 bits per heavy atom. The minimum atomic E-state index is -3.65. The predicted molar refractivity (Wildman–Crippen MR) is 123 cm³/mol. The van der Waals surface area contributed by atoms with Crippen molar-refractivity contribution in [2.75, 3.05) is 26.3 Å². The number of rotatable bonds is 6. The van der Waals surface area contributed by atoms with Crippen LogP contribution in [0.4, 0.5) is 0 Å². The molecule has 6 rings (SSSR count). The largest absolute Gasteiger partial charge is 0.379 e. The summed E-state index contributed by atoms with van der Waals surface area (Å²) in [6, 6.07) is 5.27. The third-order valence-corrected chi connectivity index (χ3v) is 10.6. The molecule has 5 fully saturated rings. The molecule has 1 heterocycles. The maximum atomic E-state index is 13.3. The fourth-order valence-electron chi connectivity index (χ4n) is 7.30. The van der Waals surface area contributed by atoms with E-state index in [1.165, 1.54) is 42.8 Å². The molecule has 7 heteroatoms. The molecule has 1 aromatic carbocycles. The maximum absolute atomic E-state index is 13.3. The van der Waals surface area contributed by atoms with E-state index in [1.807, 2.05) is 6.92 Å². The zero-order valence-electron chi connectivity index (χ0n) is 19.3. The highest BCUT2D eigenvalue weighted by Gasteiger charge is 2.53. The molecule has 4 bridgehead atoms. The Balaban J connectivity index is 1.37. The zero-order chi connectivity index (χ0) is 22.5. The minimum absolute atomic E-state index is 0.105. The number of morpholine rings is 1. The van der Waals surface area contributed by atoms with E-state index in [0.717, 1.165) is 23.3 Å². The molecule has 32 heavy (non-hydrogen) atoms. The molecule has 0 radical (unpaired) electrons. The molecule has 4 saturated carbocycles. The first kappa shape index (κ1) is 22.4. The van der Waals surface area contributed by atoms with Crippen LogP contribution in [0.3, 0.4) is 0 Å². The van der Waals surface area contributed by atoms with Gasteiger partial charge in [-0.05, 0) is 92.7 Å². The van der Waals surface area contributed by atoms with E-state index < -0.39 is 10.0 Å². The summed E-state index contributed by atoms with van der Waals surface area (Å²) in [5.74, 6) is 2.33. The topological polar surface area (TPSA) is 75.7 Å². The lowest BCUT2D eigenvalue weighted by Gasteiger charge is -2.59. The number of sulfonamides is 1. The molecule has 176 valence electrons. The molecule has 1 unspecified atom stereocenters. The van der Waals surface area contributed by atoms with E-state index >= 15 is 0 Å². The Morgan fingerprint density at radius 2 is 1.72 bits per heavy atom. The highest BCUT2D eigenvalue weighted by Crippen LogP contribution is 2.61. The summed E-state index contributed by atoms with van der Waals surface area (Å²) in [5.41, 5.74) is 1.41. The van der Waals surface area contributed by atoms with Crippen LogP contribution in [0.2, 0.25) is 0 Å². The van der Waals surface area contributed by atoms with Gasteiger partial charge in [0.2, 0.25) is 10.0 Å². The number of ether oxygens (including phenoxy) is 1. The molecular formula is C25H36N2O4S. The first-order valence-electron chi connectivity index (χ1n) is 12.3. The van der Waals surface area contributed by atoms with Crippen LogP contribution in [0.5, 0.6) is 0 Å². The number of nitrogens with zero attached hydrogens (tertiary/aromatic N) is 1. The molecular weight excluding hydrogens is 424 g/mol. The summed E-state index contributed by atoms with van der Waals surface area (Å²) >= 11 is 0. The van der Waals surface area contributed by atoms with E-state index in [4.69, 9.17) is 4.74 Å². The van der Waals surface area contributed by atoms with Gasteiger partial charge in [-0.25, -0.2) is 8.42 Å². The van der Waals surface area contributed by atoms with Crippen molar-refractivity contribution >= 4 is 15.9 Å². The van der Waals surface area contributed by atoms with Gasteiger partial charge in [-0.15, -0.1) is 0 Å². The van der Waals surface area contributed by atoms with Crippen molar-refractivity contribution in [1.29, 1.82) is 0 Å². The average molecular weight is 461 g/mol. The number of hydrogen-bond acceptors (Lipinski definition) is 4. The fraction of sp³-hybridized carbons (Fsp3) is 0.720. The van der Waals surface area contributed by atoms with Gasteiger partial charge in [0.15, 0.2) is 0 Å². The van der Waals surface area contributed by atoms with E-state index in [2.05, 4.69) is 12.2 Å². The fourth-order valence-corrected chi connectivity index (χ4v) is 9.02. The number of nitrogens with one attached hydrogen (secondary N) is 1. The Labute approximate surface area is 192 Å². The second-order valence-electron chi connectivity index (χ2n) is 10.7. The molecule has 1 aliphatic heterocycles. The quantitative estimate of drug-likeness (QED) is 0.704. The van der Waals surface area contributed by atoms with Crippen LogP contribution in [-0.2, 0) is 21.2 Å². The molecule has 1 N–H and O–H groups in total. The zero-order valence-corrected chi connectivity index (χ0v) is 20.1. The number of aryl methyl sites for hydroxylation is 1. The lowest BCUT2D eigenvalue weighted by molar-refractivity contribution is -0.0688. The molecule has 6 nitrogen and oxygen atoms in total. The minimum Gasteiger partial charge on any atom is -0.379 e. The molecule has 5 aliphatic rings. The van der Waals surface area contributed by atoms with Crippen molar-refractivity contribution in [3.63, 3.8) is 0 Å². The first-order valence-corrected chi connectivity index (χ1v) is 13.8. The molecule has 1 aromatic rings. The number of hydrogen-bond donors (Lipinski definition) is 1. The van der Waals surface area contributed by atoms with Crippen LogP contribution in [0, 0.1) is 23.2 Å². The van der Waals surface area contributed by atoms with Gasteiger partial charge in [-0.2, -0.15) is 4.31 Å². The number of carbonyl (C=O) groups is 1. The van der Waals surface area contributed by atoms with Gasteiger partial charge in [0.05, 0.1) is 18.1 Å². The third-order valence-electron chi connectivity index (χ3n) is 8.65. The number of benzene rings is 1. The highest BCUT2D eigenvalue weighted by molar-refractivity contribution is 7.89. The van der Waals surface area contributed by atoms with Crippen molar-refractivity contribution in [2.45, 2.75) is 69.7 Å². The van der Waals surface area contributed by atoms with Gasteiger partial charge in [-0.3, -0.25) is 4.79 Å². The summed E-state index contributed by atoms with van der Waals surface area (Å²) < 4.78 is 33.5. The van der Waals surface area contributed by atoms with Crippen molar-refractivity contribution < 1.29 is 17.9 Å². The SMILES string of the molecule is CCc1ccc(C(=O)NC(C)C23CC4CC(CC(C4)C2)C3)cc1S(=O)(=O)N1CCOCC1. The van der Waals surface area contributed by atoms with E-state index in [-0.39, 0.29) is 22.3 Å². The van der Waals surface area contributed by atoms with E-state index in [0.29, 0.717) is 38.3 Å². The van der Waals surface area contributed by atoms with Crippen molar-refractivity contribution in [3.8, 4) is 0 Å². The molecule has 1 saturated heterocycles. The van der Waals surface area contributed by atoms with E-state index in [9.17, 15) is 13.2 Å². The van der Waals surface area contributed by atoms with Crippen LogP contribution in [-0.4, -0.2) is 51.0 Å². The smallest absolute Gasteiger partial charge is 0.251 e.